The first-order chi connectivity index (χ1) is 19.8. The van der Waals surface area contributed by atoms with E-state index in [-0.39, 0.29) is 29.5 Å². The van der Waals surface area contributed by atoms with E-state index in [1.54, 1.807) is 25.1 Å². The van der Waals surface area contributed by atoms with Crippen LogP contribution >= 0.6 is 0 Å². The molecule has 13 heteroatoms. The maximum Gasteiger partial charge on any atom is 0.416 e. The topological polar surface area (TPSA) is 124 Å². The molecule has 42 heavy (non-hydrogen) atoms. The van der Waals surface area contributed by atoms with Crippen LogP contribution in [0.1, 0.15) is 41.6 Å². The minimum Gasteiger partial charge on any atom is -0.466 e. The van der Waals surface area contributed by atoms with Gasteiger partial charge in [0.15, 0.2) is 0 Å². The molecule has 0 amide bonds. The van der Waals surface area contributed by atoms with Crippen LogP contribution in [-0.2, 0) is 22.1 Å². The highest BCUT2D eigenvalue weighted by Crippen LogP contribution is 2.43. The van der Waals surface area contributed by atoms with Gasteiger partial charge in [0.25, 0.3) is 0 Å². The van der Waals surface area contributed by atoms with Gasteiger partial charge >= 0.3 is 17.8 Å². The zero-order valence-electron chi connectivity index (χ0n) is 23.7. The van der Waals surface area contributed by atoms with Crippen LogP contribution in [0, 0.1) is 11.3 Å². The highest BCUT2D eigenvalue weighted by atomic mass is 19.4. The molecule has 0 spiro atoms. The maximum absolute atomic E-state index is 13.6. The molecule has 0 fully saturated rings. The van der Waals surface area contributed by atoms with Gasteiger partial charge in [0, 0.05) is 30.8 Å². The summed E-state index contributed by atoms with van der Waals surface area (Å²) >= 11 is 0. The Hall–Kier alpha value is -4.41. The van der Waals surface area contributed by atoms with Gasteiger partial charge < -0.3 is 14.3 Å². The molecule has 1 aliphatic heterocycles. The Morgan fingerprint density at radius 1 is 1.21 bits per heavy atom. The molecule has 0 bridgehead atoms. The number of anilines is 2. The van der Waals surface area contributed by atoms with E-state index in [1.165, 1.54) is 28.7 Å². The lowest BCUT2D eigenvalue weighted by Crippen LogP contribution is -2.42. The van der Waals surface area contributed by atoms with Crippen LogP contribution in [0.2, 0.25) is 0 Å². The van der Waals surface area contributed by atoms with E-state index in [4.69, 9.17) is 4.74 Å². The number of ether oxygens (including phenoxy) is 1. The number of carbonyl (C=O) groups is 1. The summed E-state index contributed by atoms with van der Waals surface area (Å²) in [6, 6.07) is 10.5. The molecule has 2 heterocycles. The summed E-state index contributed by atoms with van der Waals surface area (Å²) in [5.41, 5.74) is 0.351. The Kier molecular flexibility index (Phi) is 8.60. The zero-order valence-corrected chi connectivity index (χ0v) is 23.7. The third-order valence-electron chi connectivity index (χ3n) is 7.45. The van der Waals surface area contributed by atoms with Gasteiger partial charge in [-0.1, -0.05) is 12.1 Å². The number of allylic oxidation sites excluding steroid dienone is 1. The van der Waals surface area contributed by atoms with Gasteiger partial charge in [-0.05, 0) is 48.4 Å². The molecule has 10 nitrogen and oxygen atoms in total. The molecule has 0 aliphatic carbocycles. The number of nitrogens with one attached hydrogen (secondary N) is 1. The quantitative estimate of drug-likeness (QED) is 0.290. The summed E-state index contributed by atoms with van der Waals surface area (Å²) in [6.45, 7) is 2.94. The summed E-state index contributed by atoms with van der Waals surface area (Å²) < 4.78 is 47.7. The number of likely N-dealkylation sites (N-methyl/N-ethyl adjacent to an activating group) is 1. The monoisotopic (exact) mass is 585 g/mol. The molecule has 2 N–H and O–H groups in total. The molecule has 0 saturated heterocycles. The summed E-state index contributed by atoms with van der Waals surface area (Å²) in [6.07, 6.45) is -3.55. The van der Waals surface area contributed by atoms with Crippen molar-refractivity contribution in [3.8, 4) is 6.07 Å². The van der Waals surface area contributed by atoms with Crippen molar-refractivity contribution in [1.29, 1.82) is 5.26 Å². The molecule has 4 rings (SSSR count). The van der Waals surface area contributed by atoms with Gasteiger partial charge in [-0.15, -0.1) is 5.10 Å². The first-order valence-corrected chi connectivity index (χ1v) is 13.2. The first kappa shape index (κ1) is 30.5. The smallest absolute Gasteiger partial charge is 0.416 e. The van der Waals surface area contributed by atoms with Crippen molar-refractivity contribution in [1.82, 2.24) is 14.8 Å². The summed E-state index contributed by atoms with van der Waals surface area (Å²) in [4.78, 5) is 27.9. The zero-order chi connectivity index (χ0) is 30.8. The van der Waals surface area contributed by atoms with Crippen LogP contribution in [0.25, 0.3) is 0 Å². The van der Waals surface area contributed by atoms with Crippen LogP contribution in [0.3, 0.4) is 0 Å². The van der Waals surface area contributed by atoms with E-state index in [1.807, 2.05) is 14.1 Å². The predicted octanol–water partition coefficient (Wildman–Crippen LogP) is 3.65. The Morgan fingerprint density at radius 3 is 2.60 bits per heavy atom. The number of quaternary nitrogens is 1. The number of aliphatic hydroxyl groups excluding tert-OH is 1. The number of aliphatic hydroxyl groups is 1. The number of rotatable bonds is 9. The predicted molar refractivity (Wildman–Crippen MR) is 148 cm³/mol. The van der Waals surface area contributed by atoms with Crippen molar-refractivity contribution >= 4 is 17.6 Å². The lowest BCUT2D eigenvalue weighted by molar-refractivity contribution is -0.890. The van der Waals surface area contributed by atoms with Gasteiger partial charge in [-0.25, -0.2) is 19.3 Å². The van der Waals surface area contributed by atoms with E-state index in [9.17, 15) is 33.1 Å². The highest BCUT2D eigenvalue weighted by molar-refractivity contribution is 5.93. The second-order valence-corrected chi connectivity index (χ2v) is 10.7. The van der Waals surface area contributed by atoms with Crippen molar-refractivity contribution in [2.24, 2.45) is 0 Å². The Bertz CT molecular complexity index is 1620. The molecule has 2 aromatic carbocycles. The maximum atomic E-state index is 13.6. The third-order valence-corrected chi connectivity index (χ3v) is 7.45. The lowest BCUT2D eigenvalue weighted by atomic mass is 9.89. The van der Waals surface area contributed by atoms with Gasteiger partial charge in [0.2, 0.25) is 5.95 Å². The number of fused-ring (bicyclic) bond motifs is 1. The van der Waals surface area contributed by atoms with Crippen LogP contribution in [0.15, 0.2) is 58.5 Å². The largest absolute Gasteiger partial charge is 0.466 e. The van der Waals surface area contributed by atoms with E-state index >= 15 is 0 Å². The molecule has 1 aliphatic rings. The van der Waals surface area contributed by atoms with Crippen molar-refractivity contribution in [3.05, 3.63) is 86.5 Å². The average molecular weight is 586 g/mol. The van der Waals surface area contributed by atoms with Gasteiger partial charge in [0.05, 0.1) is 57.1 Å². The number of hydrogen-bond acceptors (Lipinski definition) is 7. The number of nitrogens with zero attached hydrogens (tertiary/aromatic N) is 5. The normalized spacial score (nSPS) is 15.4. The number of benzene rings is 2. The van der Waals surface area contributed by atoms with E-state index in [2.05, 4.69) is 16.3 Å². The number of esters is 1. The van der Waals surface area contributed by atoms with Crippen molar-refractivity contribution < 1.29 is 32.3 Å². The lowest BCUT2D eigenvalue weighted by Gasteiger charge is -2.36. The minimum atomic E-state index is -4.62. The molecule has 1 unspecified atom stereocenters. The SMILES string of the molecule is COC(=O)C1=C(C)N(c2cccc(C(F)(F)F)c2)c2n[nH]c(=O)n2C1c1ccc(C#N)cc1CC[N+](C)(C)CCCO. The number of aromatic nitrogens is 3. The first-order valence-electron chi connectivity index (χ1n) is 13.2. The Labute approximate surface area is 240 Å². The van der Waals surface area contributed by atoms with Crippen molar-refractivity contribution in [2.45, 2.75) is 32.0 Å². The second-order valence-electron chi connectivity index (χ2n) is 10.7. The van der Waals surface area contributed by atoms with Crippen LogP contribution < -0.4 is 10.6 Å². The summed E-state index contributed by atoms with van der Waals surface area (Å²) in [5, 5.41) is 25.4. The van der Waals surface area contributed by atoms with E-state index in [0.717, 1.165) is 12.1 Å². The molecule has 0 saturated carbocycles. The van der Waals surface area contributed by atoms with Crippen molar-refractivity contribution in [3.63, 3.8) is 0 Å². The molecular formula is C29H32F3N6O4+. The number of nitriles is 1. The number of carbonyl (C=O) groups excluding carboxylic acids is 1. The van der Waals surface area contributed by atoms with Gasteiger partial charge in [0.1, 0.15) is 6.04 Å². The molecule has 0 radical (unpaired) electrons. The summed E-state index contributed by atoms with van der Waals surface area (Å²) in [7, 11) is 5.21. The number of hydrogen-bond donors (Lipinski definition) is 2. The van der Waals surface area contributed by atoms with Crippen LogP contribution in [0.5, 0.6) is 0 Å². The number of halogens is 3. The number of alkyl halides is 3. The fraction of sp³-hybridized carbons (Fsp3) is 0.379. The number of methoxy groups -OCH3 is 1. The minimum absolute atomic E-state index is 0.0103. The van der Waals surface area contributed by atoms with Crippen LogP contribution in [-0.4, -0.2) is 71.2 Å². The van der Waals surface area contributed by atoms with Crippen LogP contribution in [0.4, 0.5) is 24.8 Å². The standard InChI is InChI=1S/C29H31F3N6O4/c1-18-24(26(40)42-4)25(23-10-9-19(17-33)15-20(23)11-13-38(2,3)12-6-14-39)37-27(34-35-28(37)41)36(18)22-8-5-7-21(16-22)29(30,31)32/h5,7-10,15-16,25,39H,6,11-14H2,1-4H3/p+1. The van der Waals surface area contributed by atoms with E-state index < -0.39 is 29.4 Å². The third kappa shape index (κ3) is 5.95. The molecule has 1 aromatic heterocycles. The van der Waals surface area contributed by atoms with Crippen molar-refractivity contribution in [2.75, 3.05) is 45.8 Å². The van der Waals surface area contributed by atoms with Gasteiger partial charge in [-0.2, -0.15) is 18.4 Å². The fourth-order valence-electron chi connectivity index (χ4n) is 5.27. The van der Waals surface area contributed by atoms with E-state index in [0.29, 0.717) is 47.1 Å². The Balaban J connectivity index is 1.93. The highest BCUT2D eigenvalue weighted by Gasteiger charge is 2.41. The molecule has 3 aromatic rings. The second kappa shape index (κ2) is 11.8. The molecule has 1 atom stereocenters. The molecular weight excluding hydrogens is 553 g/mol. The average Bonchev–Trinajstić information content (AvgIpc) is 3.34. The fourth-order valence-corrected chi connectivity index (χ4v) is 5.27. The Morgan fingerprint density at radius 2 is 1.95 bits per heavy atom. The summed E-state index contributed by atoms with van der Waals surface area (Å²) in [5.74, 6) is -0.786. The van der Waals surface area contributed by atoms with Gasteiger partial charge in [-0.3, -0.25) is 4.90 Å². The number of H-pyrrole nitrogens is 1. The molecule has 222 valence electrons. The number of aromatic amines is 1.